The normalized spacial score (nSPS) is 24.9. The van der Waals surface area contributed by atoms with E-state index in [0.29, 0.717) is 11.5 Å². The molecule has 0 heterocycles. The van der Waals surface area contributed by atoms with Gasteiger partial charge in [-0.25, -0.2) is 13.2 Å². The van der Waals surface area contributed by atoms with Crippen LogP contribution in [0.4, 0.5) is 13.2 Å². The Morgan fingerprint density at radius 3 is 2.39 bits per heavy atom. The third kappa shape index (κ3) is 5.55. The lowest BCUT2D eigenvalue weighted by Gasteiger charge is -2.42. The third-order valence-corrected chi connectivity index (χ3v) is 7.71. The van der Waals surface area contributed by atoms with Crippen molar-refractivity contribution in [3.05, 3.63) is 82.2 Å². The number of fused-ring (bicyclic) bond motifs is 1. The van der Waals surface area contributed by atoms with Gasteiger partial charge < -0.3 is 0 Å². The molecular weight excluding hydrogens is 417 g/mol. The van der Waals surface area contributed by atoms with Gasteiger partial charge in [0, 0.05) is 0 Å². The lowest BCUT2D eigenvalue weighted by Crippen LogP contribution is -2.30. The van der Waals surface area contributed by atoms with Crippen LogP contribution in [0.1, 0.15) is 86.5 Å². The first-order valence-corrected chi connectivity index (χ1v) is 12.3. The van der Waals surface area contributed by atoms with Crippen molar-refractivity contribution >= 4 is 0 Å². The van der Waals surface area contributed by atoms with Crippen molar-refractivity contribution < 1.29 is 13.2 Å². The zero-order valence-electron chi connectivity index (χ0n) is 19.6. The highest BCUT2D eigenvalue weighted by Gasteiger charge is 2.36. The van der Waals surface area contributed by atoms with E-state index >= 15 is 4.39 Å². The highest BCUT2D eigenvalue weighted by atomic mass is 19.2. The lowest BCUT2D eigenvalue weighted by molar-refractivity contribution is 0.114. The van der Waals surface area contributed by atoms with E-state index in [4.69, 9.17) is 0 Å². The van der Waals surface area contributed by atoms with Crippen LogP contribution < -0.4 is 0 Å². The van der Waals surface area contributed by atoms with Gasteiger partial charge >= 0.3 is 0 Å². The smallest absolute Gasteiger partial charge is 0.174 e. The summed E-state index contributed by atoms with van der Waals surface area (Å²) in [6.07, 6.45) is 13.5. The molecule has 174 valence electrons. The molecular formula is C30H33F3. The van der Waals surface area contributed by atoms with Gasteiger partial charge in [-0.15, -0.1) is 0 Å². The highest BCUT2D eigenvalue weighted by molar-refractivity contribution is 5.46. The summed E-state index contributed by atoms with van der Waals surface area (Å²) < 4.78 is 43.9. The number of halogens is 3. The molecule has 2 aromatic carbocycles. The maximum absolute atomic E-state index is 15.0. The number of benzene rings is 2. The van der Waals surface area contributed by atoms with Crippen LogP contribution in [0.5, 0.6) is 0 Å². The Labute approximate surface area is 196 Å². The largest absolute Gasteiger partial charge is 0.206 e. The maximum atomic E-state index is 15.0. The number of allylic oxidation sites excluding steroid dienone is 2. The molecule has 0 N–H and O–H groups in total. The van der Waals surface area contributed by atoms with E-state index in [1.54, 1.807) is 31.2 Å². The van der Waals surface area contributed by atoms with E-state index in [0.717, 1.165) is 43.1 Å². The minimum absolute atomic E-state index is 0.0217. The van der Waals surface area contributed by atoms with E-state index in [-0.39, 0.29) is 17.0 Å². The second kappa shape index (κ2) is 10.6. The summed E-state index contributed by atoms with van der Waals surface area (Å²) >= 11 is 0. The Hall–Kier alpha value is -2.47. The molecule has 0 aromatic heterocycles. The second-order valence-electron chi connectivity index (χ2n) is 9.92. The molecule has 33 heavy (non-hydrogen) atoms. The van der Waals surface area contributed by atoms with Crippen LogP contribution in [-0.2, 0) is 0 Å². The van der Waals surface area contributed by atoms with E-state index < -0.39 is 17.5 Å². The summed E-state index contributed by atoms with van der Waals surface area (Å²) in [5, 5.41) is 0. The van der Waals surface area contributed by atoms with Crippen molar-refractivity contribution in [2.75, 3.05) is 0 Å². The van der Waals surface area contributed by atoms with E-state index in [1.165, 1.54) is 31.7 Å². The SMILES string of the molecule is C/C=C/CCC1CCC2CC(c3ccc(C#Cc4ccc(C)cc4F)c(F)c3F)CCC2C1. The van der Waals surface area contributed by atoms with Gasteiger partial charge in [0.25, 0.3) is 0 Å². The van der Waals surface area contributed by atoms with Gasteiger partial charge in [-0.2, -0.15) is 0 Å². The summed E-state index contributed by atoms with van der Waals surface area (Å²) in [4.78, 5) is 0. The zero-order chi connectivity index (χ0) is 23.4. The molecule has 2 aromatic rings. The molecule has 0 nitrogen and oxygen atoms in total. The molecule has 3 heteroatoms. The second-order valence-corrected chi connectivity index (χ2v) is 9.92. The predicted molar refractivity (Wildman–Crippen MR) is 128 cm³/mol. The number of aryl methyl sites for hydroxylation is 1. The van der Waals surface area contributed by atoms with Gasteiger partial charge in [0.15, 0.2) is 11.6 Å². The zero-order valence-corrected chi connectivity index (χ0v) is 19.6. The monoisotopic (exact) mass is 450 g/mol. The fraction of sp³-hybridized carbons (Fsp3) is 0.467. The summed E-state index contributed by atoms with van der Waals surface area (Å²) in [5.74, 6) is 5.35. The third-order valence-electron chi connectivity index (χ3n) is 7.71. The van der Waals surface area contributed by atoms with E-state index in [2.05, 4.69) is 30.9 Å². The van der Waals surface area contributed by atoms with Crippen LogP contribution in [0.25, 0.3) is 0 Å². The first-order valence-electron chi connectivity index (χ1n) is 12.3. The minimum atomic E-state index is -0.915. The Balaban J connectivity index is 1.44. The molecule has 0 saturated heterocycles. The van der Waals surface area contributed by atoms with Crippen molar-refractivity contribution in [3.8, 4) is 11.8 Å². The molecule has 0 bridgehead atoms. The van der Waals surface area contributed by atoms with Gasteiger partial charge in [-0.3, -0.25) is 0 Å². The van der Waals surface area contributed by atoms with Gasteiger partial charge in [0.1, 0.15) is 5.82 Å². The standard InChI is InChI=1S/C30H33F3/c1-3-4-5-6-21-8-10-25-19-26(14-13-24(25)18-21)27-16-15-23(29(32)30(27)33)12-11-22-9-7-20(2)17-28(22)31/h3-4,7,9,15-17,21,24-26H,5-6,8,10,13-14,18-19H2,1-2H3/b4-3+. The van der Waals surface area contributed by atoms with Crippen molar-refractivity contribution in [2.45, 2.75) is 71.1 Å². The molecule has 0 radical (unpaired) electrons. The molecule has 0 amide bonds. The Kier molecular flexibility index (Phi) is 7.63. The van der Waals surface area contributed by atoms with Gasteiger partial charge in [-0.05, 0) is 112 Å². The summed E-state index contributed by atoms with van der Waals surface area (Å²) in [7, 11) is 0. The van der Waals surface area contributed by atoms with Crippen LogP contribution in [0.2, 0.25) is 0 Å². The molecule has 0 spiro atoms. The Morgan fingerprint density at radius 1 is 0.879 bits per heavy atom. The van der Waals surface area contributed by atoms with Crippen molar-refractivity contribution in [2.24, 2.45) is 17.8 Å². The van der Waals surface area contributed by atoms with Crippen LogP contribution in [-0.4, -0.2) is 0 Å². The van der Waals surface area contributed by atoms with Crippen LogP contribution in [0.3, 0.4) is 0 Å². The molecule has 2 aliphatic carbocycles. The topological polar surface area (TPSA) is 0 Å². The maximum Gasteiger partial charge on any atom is 0.174 e. The quantitative estimate of drug-likeness (QED) is 0.324. The highest BCUT2D eigenvalue weighted by Crippen LogP contribution is 2.48. The Bertz CT molecular complexity index is 1070. The number of hydrogen-bond donors (Lipinski definition) is 0. The van der Waals surface area contributed by atoms with Crippen molar-refractivity contribution in [1.82, 2.24) is 0 Å². The molecule has 4 unspecified atom stereocenters. The van der Waals surface area contributed by atoms with Crippen LogP contribution >= 0.6 is 0 Å². The molecule has 2 saturated carbocycles. The van der Waals surface area contributed by atoms with E-state index in [9.17, 15) is 8.78 Å². The van der Waals surface area contributed by atoms with Crippen molar-refractivity contribution in [1.29, 1.82) is 0 Å². The summed E-state index contributed by atoms with van der Waals surface area (Å²) in [5.41, 5.74) is 1.43. The molecule has 0 aliphatic heterocycles. The lowest BCUT2D eigenvalue weighted by atomic mass is 9.63. The molecule has 4 rings (SSSR count). The van der Waals surface area contributed by atoms with E-state index in [1.807, 2.05) is 0 Å². The minimum Gasteiger partial charge on any atom is -0.206 e. The van der Waals surface area contributed by atoms with Crippen LogP contribution in [0.15, 0.2) is 42.5 Å². The first kappa shape index (κ1) is 23.7. The first-order chi connectivity index (χ1) is 16.0. The fourth-order valence-electron chi connectivity index (χ4n) is 5.86. The van der Waals surface area contributed by atoms with Gasteiger partial charge in [-0.1, -0.05) is 42.5 Å². The number of rotatable bonds is 4. The molecule has 4 atom stereocenters. The molecule has 2 aliphatic rings. The molecule has 2 fully saturated rings. The number of hydrogen-bond acceptors (Lipinski definition) is 0. The van der Waals surface area contributed by atoms with Gasteiger partial charge in [0.2, 0.25) is 0 Å². The van der Waals surface area contributed by atoms with Crippen molar-refractivity contribution in [3.63, 3.8) is 0 Å². The summed E-state index contributed by atoms with van der Waals surface area (Å²) in [6.45, 7) is 3.86. The van der Waals surface area contributed by atoms with Gasteiger partial charge in [0.05, 0.1) is 11.1 Å². The predicted octanol–water partition coefficient (Wildman–Crippen LogP) is 8.47. The fourth-order valence-corrected chi connectivity index (χ4v) is 5.86. The average molecular weight is 451 g/mol. The Morgan fingerprint density at radius 2 is 1.61 bits per heavy atom. The average Bonchev–Trinajstić information content (AvgIpc) is 2.81. The summed E-state index contributed by atoms with van der Waals surface area (Å²) in [6, 6.07) is 7.95. The van der Waals surface area contributed by atoms with Crippen LogP contribution in [0, 0.1) is 54.0 Å².